The molecule has 2 heterocycles. The third-order valence-corrected chi connectivity index (χ3v) is 6.30. The first-order valence-electron chi connectivity index (χ1n) is 9.28. The minimum Gasteiger partial charge on any atom is -0.447 e. The second-order valence-corrected chi connectivity index (χ2v) is 9.62. The van der Waals surface area contributed by atoms with Crippen LogP contribution < -0.4 is 4.72 Å². The van der Waals surface area contributed by atoms with Gasteiger partial charge in [-0.15, -0.1) is 11.6 Å². The molecule has 1 aromatic rings. The minimum absolute atomic E-state index is 0.266. The van der Waals surface area contributed by atoms with Gasteiger partial charge < -0.3 is 9.64 Å². The predicted molar refractivity (Wildman–Crippen MR) is 111 cm³/mol. The third kappa shape index (κ3) is 6.18. The van der Waals surface area contributed by atoms with Crippen LogP contribution in [0, 0.1) is 0 Å². The molecule has 7 nitrogen and oxygen atoms in total. The fraction of sp³-hybridized carbons (Fsp3) is 0.579. The number of nitrogens with zero attached hydrogens (tertiary/aromatic N) is 2. The highest BCUT2D eigenvalue weighted by Gasteiger charge is 2.37. The van der Waals surface area contributed by atoms with Gasteiger partial charge in [0.25, 0.3) is 0 Å². The number of amides is 1. The van der Waals surface area contributed by atoms with E-state index in [1.165, 1.54) is 0 Å². The van der Waals surface area contributed by atoms with Crippen LogP contribution in [0.3, 0.4) is 0 Å². The van der Waals surface area contributed by atoms with Crippen molar-refractivity contribution in [3.05, 3.63) is 36.2 Å². The molecular formula is C19H28ClN3O4S. The number of aromatic nitrogens is 1. The van der Waals surface area contributed by atoms with Crippen molar-refractivity contribution in [2.24, 2.45) is 0 Å². The number of allylic oxidation sites excluding steroid dienone is 1. The zero-order valence-electron chi connectivity index (χ0n) is 16.5. The number of nitrogens with one attached hydrogen (secondary N) is 1. The molecular weight excluding hydrogens is 402 g/mol. The molecule has 1 aliphatic heterocycles. The van der Waals surface area contributed by atoms with Crippen LogP contribution in [0.1, 0.15) is 45.0 Å². The summed E-state index contributed by atoms with van der Waals surface area (Å²) in [5.41, 5.74) is 2.35. The average Bonchev–Trinajstić information content (AvgIpc) is 2.62. The number of pyridine rings is 1. The van der Waals surface area contributed by atoms with Gasteiger partial charge in [-0.1, -0.05) is 12.6 Å². The van der Waals surface area contributed by atoms with Gasteiger partial charge in [-0.05, 0) is 51.3 Å². The van der Waals surface area contributed by atoms with Gasteiger partial charge >= 0.3 is 6.09 Å². The summed E-state index contributed by atoms with van der Waals surface area (Å²) in [5.74, 6) is 0. The molecule has 0 aromatic carbocycles. The summed E-state index contributed by atoms with van der Waals surface area (Å²) in [7, 11) is -3.64. The van der Waals surface area contributed by atoms with Crippen LogP contribution in [0.4, 0.5) is 4.79 Å². The number of halogens is 1. The first-order valence-corrected chi connectivity index (χ1v) is 11.5. The van der Waals surface area contributed by atoms with E-state index in [-0.39, 0.29) is 6.10 Å². The lowest BCUT2D eigenvalue weighted by Gasteiger charge is -2.41. The second kappa shape index (κ2) is 9.71. The Hall–Kier alpha value is -1.64. The molecule has 0 spiro atoms. The number of likely N-dealkylation sites (tertiary alicyclic amines) is 1. The van der Waals surface area contributed by atoms with Crippen LogP contribution in [0.2, 0.25) is 0 Å². The number of ether oxygens (including phenoxy) is 1. The molecule has 2 rings (SSSR count). The van der Waals surface area contributed by atoms with Crippen LogP contribution in [0.5, 0.6) is 0 Å². The van der Waals surface area contributed by atoms with Crippen LogP contribution in [-0.4, -0.2) is 54.3 Å². The molecule has 1 amide bonds. The molecule has 1 saturated heterocycles. The van der Waals surface area contributed by atoms with E-state index >= 15 is 0 Å². The fourth-order valence-electron chi connectivity index (χ4n) is 3.25. The Morgan fingerprint density at radius 2 is 2.18 bits per heavy atom. The molecule has 156 valence electrons. The summed E-state index contributed by atoms with van der Waals surface area (Å²) in [5, 5.41) is -0.532. The minimum atomic E-state index is -3.64. The first kappa shape index (κ1) is 22.6. The molecule has 1 aromatic heterocycles. The zero-order chi connectivity index (χ0) is 20.9. The van der Waals surface area contributed by atoms with E-state index in [4.69, 9.17) is 16.3 Å². The summed E-state index contributed by atoms with van der Waals surface area (Å²) < 4.78 is 32.1. The maximum Gasteiger partial charge on any atom is 0.410 e. The molecule has 2 atom stereocenters. The van der Waals surface area contributed by atoms with Crippen molar-refractivity contribution in [3.63, 3.8) is 0 Å². The Bertz CT molecular complexity index is 813. The highest BCUT2D eigenvalue weighted by atomic mass is 35.5. The van der Waals surface area contributed by atoms with E-state index in [0.717, 1.165) is 17.0 Å². The van der Waals surface area contributed by atoms with Crippen molar-refractivity contribution in [3.8, 4) is 0 Å². The summed E-state index contributed by atoms with van der Waals surface area (Å²) in [6.45, 7) is 9.84. The standard InChI is InChI=1S/C19H28ClN3O4S/c1-13(2)16-8-5-7-15(21-16)11-18-17(22-28(25,26)12-20)9-6-10-23(18)19(24)27-14(3)4/h5,7-8,14,17-18,22H,1,6,9-12H2,2-4H3. The Kier molecular flexibility index (Phi) is 7.86. The quantitative estimate of drug-likeness (QED) is 0.672. The Balaban J connectivity index is 2.33. The summed E-state index contributed by atoms with van der Waals surface area (Å²) >= 11 is 5.57. The van der Waals surface area contributed by atoms with E-state index in [1.54, 1.807) is 18.7 Å². The van der Waals surface area contributed by atoms with Gasteiger partial charge in [0.05, 0.1) is 17.8 Å². The van der Waals surface area contributed by atoms with E-state index in [0.29, 0.717) is 25.8 Å². The molecule has 1 aliphatic rings. The number of piperidine rings is 1. The zero-order valence-corrected chi connectivity index (χ0v) is 18.1. The smallest absolute Gasteiger partial charge is 0.410 e. The number of sulfonamides is 1. The Morgan fingerprint density at radius 1 is 1.46 bits per heavy atom. The van der Waals surface area contributed by atoms with Crippen molar-refractivity contribution in [1.29, 1.82) is 0 Å². The molecule has 0 radical (unpaired) electrons. The van der Waals surface area contributed by atoms with Gasteiger partial charge in [-0.2, -0.15) is 0 Å². The topological polar surface area (TPSA) is 88.6 Å². The van der Waals surface area contributed by atoms with Crippen LogP contribution in [0.15, 0.2) is 24.8 Å². The van der Waals surface area contributed by atoms with Gasteiger partial charge in [-0.3, -0.25) is 4.98 Å². The summed E-state index contributed by atoms with van der Waals surface area (Å²) in [6, 6.07) is 4.72. The lowest BCUT2D eigenvalue weighted by molar-refractivity contribution is 0.0459. The van der Waals surface area contributed by atoms with E-state index in [9.17, 15) is 13.2 Å². The summed E-state index contributed by atoms with van der Waals surface area (Å²) in [4.78, 5) is 18.8. The molecule has 2 unspecified atom stereocenters. The molecule has 0 aliphatic carbocycles. The van der Waals surface area contributed by atoms with Gasteiger partial charge in [0, 0.05) is 24.7 Å². The molecule has 0 saturated carbocycles. The van der Waals surface area contributed by atoms with E-state index in [1.807, 2.05) is 25.1 Å². The van der Waals surface area contributed by atoms with E-state index < -0.39 is 33.4 Å². The maximum absolute atomic E-state index is 12.6. The number of hydrogen-bond acceptors (Lipinski definition) is 5. The predicted octanol–water partition coefficient (Wildman–Crippen LogP) is 3.15. The van der Waals surface area contributed by atoms with Crippen molar-refractivity contribution in [1.82, 2.24) is 14.6 Å². The number of rotatable bonds is 7. The monoisotopic (exact) mass is 429 g/mol. The number of alkyl halides is 1. The normalized spacial score (nSPS) is 20.2. The van der Waals surface area contributed by atoms with Crippen molar-refractivity contribution >= 4 is 33.3 Å². The largest absolute Gasteiger partial charge is 0.447 e. The van der Waals surface area contributed by atoms with Crippen LogP contribution >= 0.6 is 11.6 Å². The third-order valence-electron chi connectivity index (χ3n) is 4.49. The Labute approximate surface area is 172 Å². The highest BCUT2D eigenvalue weighted by molar-refractivity contribution is 7.90. The van der Waals surface area contributed by atoms with E-state index in [2.05, 4.69) is 16.3 Å². The van der Waals surface area contributed by atoms with Crippen LogP contribution in [0.25, 0.3) is 5.57 Å². The highest BCUT2D eigenvalue weighted by Crippen LogP contribution is 2.24. The molecule has 0 bridgehead atoms. The number of carbonyl (C=O) groups is 1. The average molecular weight is 430 g/mol. The first-order chi connectivity index (χ1) is 13.1. The summed E-state index contributed by atoms with van der Waals surface area (Å²) in [6.07, 6.45) is 0.943. The van der Waals surface area contributed by atoms with Gasteiger partial charge in [0.1, 0.15) is 5.21 Å². The molecule has 1 fully saturated rings. The lowest BCUT2D eigenvalue weighted by Crippen LogP contribution is -2.58. The molecule has 1 N–H and O–H groups in total. The number of hydrogen-bond donors (Lipinski definition) is 1. The molecule has 9 heteroatoms. The molecule has 28 heavy (non-hydrogen) atoms. The Morgan fingerprint density at radius 3 is 2.79 bits per heavy atom. The van der Waals surface area contributed by atoms with Crippen molar-refractivity contribution < 1.29 is 17.9 Å². The maximum atomic E-state index is 12.6. The van der Waals surface area contributed by atoms with Gasteiger partial charge in [-0.25, -0.2) is 17.9 Å². The van der Waals surface area contributed by atoms with Gasteiger partial charge in [0.2, 0.25) is 10.0 Å². The van der Waals surface area contributed by atoms with Crippen molar-refractivity contribution in [2.45, 2.75) is 58.2 Å². The fourth-order valence-corrected chi connectivity index (χ4v) is 4.24. The van der Waals surface area contributed by atoms with Crippen molar-refractivity contribution in [2.75, 3.05) is 11.8 Å². The number of carbonyl (C=O) groups excluding carboxylic acids is 1. The van der Waals surface area contributed by atoms with Gasteiger partial charge in [0.15, 0.2) is 0 Å². The van der Waals surface area contributed by atoms with Crippen LogP contribution in [-0.2, 0) is 21.2 Å². The SMILES string of the molecule is C=C(C)c1cccc(CC2C(NS(=O)(=O)CCl)CCCN2C(=O)OC(C)C)n1. The second-order valence-electron chi connectivity index (χ2n) is 7.28. The lowest BCUT2D eigenvalue weighted by atomic mass is 9.93.